The zero-order chi connectivity index (χ0) is 26.5. The number of halogens is 1. The van der Waals surface area contributed by atoms with Crippen molar-refractivity contribution >= 4 is 28.3 Å². The molecule has 1 amide bonds. The number of carbonyl (C=O) groups excluding carboxylic acids is 1. The summed E-state index contributed by atoms with van der Waals surface area (Å²) in [7, 11) is 3.86. The van der Waals surface area contributed by atoms with Gasteiger partial charge in [-0.25, -0.2) is 4.39 Å². The Kier molecular flexibility index (Phi) is 7.86. The summed E-state index contributed by atoms with van der Waals surface area (Å²) >= 11 is 0. The summed E-state index contributed by atoms with van der Waals surface area (Å²) in [4.78, 5) is 19.4. The number of hydrogen-bond acceptors (Lipinski definition) is 6. The quantitative estimate of drug-likeness (QED) is 0.333. The van der Waals surface area contributed by atoms with Crippen molar-refractivity contribution in [1.82, 2.24) is 15.1 Å². The first-order valence-corrected chi connectivity index (χ1v) is 12.7. The molecule has 1 aliphatic rings. The van der Waals surface area contributed by atoms with Crippen LogP contribution in [-0.4, -0.2) is 74.5 Å². The first-order valence-electron chi connectivity index (χ1n) is 12.7. The molecule has 198 valence electrons. The zero-order valence-electron chi connectivity index (χ0n) is 21.7. The number of ether oxygens (including phenoxy) is 2. The highest BCUT2D eigenvalue weighted by Crippen LogP contribution is 2.28. The fraction of sp³-hybridized carbons (Fsp3) is 0.310. The van der Waals surface area contributed by atoms with Gasteiger partial charge in [0.15, 0.2) is 5.82 Å². The summed E-state index contributed by atoms with van der Waals surface area (Å²) in [5.74, 6) is 0.791. The van der Waals surface area contributed by atoms with Crippen molar-refractivity contribution in [2.24, 2.45) is 0 Å². The Balaban J connectivity index is 1.17. The molecule has 9 heteroatoms. The molecule has 1 aromatic heterocycles. The van der Waals surface area contributed by atoms with E-state index in [1.54, 1.807) is 30.1 Å². The maximum Gasteiger partial charge on any atom is 0.259 e. The molecular formula is C29H32FN5O3. The van der Waals surface area contributed by atoms with E-state index in [1.807, 2.05) is 42.5 Å². The van der Waals surface area contributed by atoms with Gasteiger partial charge in [-0.2, -0.15) is 5.10 Å². The molecule has 0 atom stereocenters. The fourth-order valence-corrected chi connectivity index (χ4v) is 4.52. The van der Waals surface area contributed by atoms with E-state index in [1.165, 1.54) is 6.07 Å². The highest BCUT2D eigenvalue weighted by atomic mass is 19.1. The topological polar surface area (TPSA) is 73.9 Å². The number of nitrogens with one attached hydrogen (secondary N) is 1. The van der Waals surface area contributed by atoms with Crippen LogP contribution in [0.3, 0.4) is 0 Å². The minimum atomic E-state index is -0.278. The molecule has 0 unspecified atom stereocenters. The number of carbonyl (C=O) groups is 1. The van der Waals surface area contributed by atoms with Gasteiger partial charge >= 0.3 is 0 Å². The molecule has 1 aliphatic heterocycles. The molecule has 4 aromatic rings. The number of anilines is 2. The number of fused-ring (bicyclic) bond motifs is 1. The summed E-state index contributed by atoms with van der Waals surface area (Å²) < 4.78 is 25.0. The summed E-state index contributed by atoms with van der Waals surface area (Å²) in [6, 6.07) is 19.9. The summed E-state index contributed by atoms with van der Waals surface area (Å²) in [5, 5.41) is 8.20. The Hall–Kier alpha value is -3.95. The molecule has 38 heavy (non-hydrogen) atoms. The van der Waals surface area contributed by atoms with Gasteiger partial charge in [-0.15, -0.1) is 0 Å². The van der Waals surface area contributed by atoms with Crippen molar-refractivity contribution in [3.8, 4) is 5.75 Å². The predicted octanol–water partition coefficient (Wildman–Crippen LogP) is 4.33. The smallest absolute Gasteiger partial charge is 0.259 e. The number of aromatic amines is 1. The van der Waals surface area contributed by atoms with Gasteiger partial charge in [0, 0.05) is 61.5 Å². The average molecular weight is 518 g/mol. The summed E-state index contributed by atoms with van der Waals surface area (Å²) in [6.07, 6.45) is 0. The lowest BCUT2D eigenvalue weighted by atomic mass is 10.1. The number of rotatable bonds is 9. The van der Waals surface area contributed by atoms with E-state index >= 15 is 0 Å². The molecular weight excluding hydrogens is 485 g/mol. The van der Waals surface area contributed by atoms with E-state index < -0.39 is 0 Å². The molecule has 0 radical (unpaired) electrons. The third-order valence-electron chi connectivity index (χ3n) is 6.83. The summed E-state index contributed by atoms with van der Waals surface area (Å²) in [6.45, 7) is 4.87. The standard InChI is InChI=1S/C29H32FN5O3/c1-33-13-15-35(16-14-33)23-9-7-21(8-10-23)29(36)34(2)28-25-12-11-24(19-27(25)31-32-28)38-18-17-37-20-22-5-3-4-6-26(22)30/h3-12,19H,13-18,20H2,1-2H3,(H,31,32). The maximum absolute atomic E-state index is 13.7. The second kappa shape index (κ2) is 11.6. The van der Waals surface area contributed by atoms with Crippen LogP contribution in [0.15, 0.2) is 66.7 Å². The lowest BCUT2D eigenvalue weighted by molar-refractivity contribution is 0.0872. The SMILES string of the molecule is CN1CCN(c2ccc(C(=O)N(C)c3n[nH]c4cc(OCCOCc5ccccc5F)ccc34)cc2)CC1. The second-order valence-electron chi connectivity index (χ2n) is 9.45. The van der Waals surface area contributed by atoms with E-state index in [2.05, 4.69) is 27.0 Å². The fourth-order valence-electron chi connectivity index (χ4n) is 4.52. The van der Waals surface area contributed by atoms with Crippen molar-refractivity contribution in [2.45, 2.75) is 6.61 Å². The van der Waals surface area contributed by atoms with Crippen molar-refractivity contribution in [1.29, 1.82) is 0 Å². The van der Waals surface area contributed by atoms with Crippen LogP contribution >= 0.6 is 0 Å². The number of H-pyrrole nitrogens is 1. The monoisotopic (exact) mass is 517 g/mol. The molecule has 0 bridgehead atoms. The molecule has 0 aliphatic carbocycles. The molecule has 8 nitrogen and oxygen atoms in total. The van der Waals surface area contributed by atoms with Gasteiger partial charge in [0.05, 0.1) is 18.7 Å². The molecule has 0 saturated carbocycles. The number of aromatic nitrogens is 2. The van der Waals surface area contributed by atoms with Gasteiger partial charge < -0.3 is 19.3 Å². The van der Waals surface area contributed by atoms with Gasteiger partial charge in [-0.05, 0) is 49.5 Å². The first-order chi connectivity index (χ1) is 18.5. The number of hydrogen-bond donors (Lipinski definition) is 1. The van der Waals surface area contributed by atoms with Crippen LogP contribution in [0.4, 0.5) is 15.9 Å². The van der Waals surface area contributed by atoms with Gasteiger partial charge in [-0.3, -0.25) is 14.8 Å². The number of amides is 1. The lowest BCUT2D eigenvalue weighted by Gasteiger charge is -2.34. The van der Waals surface area contributed by atoms with E-state index in [9.17, 15) is 9.18 Å². The van der Waals surface area contributed by atoms with Gasteiger partial charge in [-0.1, -0.05) is 18.2 Å². The van der Waals surface area contributed by atoms with Gasteiger partial charge in [0.25, 0.3) is 5.91 Å². The van der Waals surface area contributed by atoms with Crippen molar-refractivity contribution in [3.05, 3.63) is 83.7 Å². The summed E-state index contributed by atoms with van der Waals surface area (Å²) in [5.41, 5.74) is 3.02. The molecule has 2 heterocycles. The lowest BCUT2D eigenvalue weighted by Crippen LogP contribution is -2.44. The van der Waals surface area contributed by atoms with Gasteiger partial charge in [0.2, 0.25) is 0 Å². The van der Waals surface area contributed by atoms with Crippen LogP contribution in [0.25, 0.3) is 10.9 Å². The number of nitrogens with zero attached hydrogens (tertiary/aromatic N) is 4. The Bertz CT molecular complexity index is 1380. The molecule has 3 aromatic carbocycles. The zero-order valence-corrected chi connectivity index (χ0v) is 21.7. The van der Waals surface area contributed by atoms with Crippen LogP contribution < -0.4 is 14.5 Å². The molecule has 5 rings (SSSR count). The molecule has 1 saturated heterocycles. The van der Waals surface area contributed by atoms with Crippen LogP contribution in [0.5, 0.6) is 5.75 Å². The van der Waals surface area contributed by atoms with E-state index in [0.29, 0.717) is 35.9 Å². The Morgan fingerprint density at radius 1 is 1.03 bits per heavy atom. The highest BCUT2D eigenvalue weighted by molar-refractivity contribution is 6.09. The first kappa shape index (κ1) is 25.7. The van der Waals surface area contributed by atoms with Crippen LogP contribution in [0, 0.1) is 5.82 Å². The third kappa shape index (κ3) is 5.79. The van der Waals surface area contributed by atoms with E-state index in [0.717, 1.165) is 42.8 Å². The van der Waals surface area contributed by atoms with Crippen molar-refractivity contribution < 1.29 is 18.7 Å². The molecule has 1 fully saturated rings. The maximum atomic E-state index is 13.7. The Morgan fingerprint density at radius 3 is 2.55 bits per heavy atom. The van der Waals surface area contributed by atoms with E-state index in [4.69, 9.17) is 9.47 Å². The van der Waals surface area contributed by atoms with E-state index in [-0.39, 0.29) is 18.3 Å². The predicted molar refractivity (Wildman–Crippen MR) is 147 cm³/mol. The second-order valence-corrected chi connectivity index (χ2v) is 9.45. The van der Waals surface area contributed by atoms with Crippen molar-refractivity contribution in [3.63, 3.8) is 0 Å². The Labute approximate surface area is 221 Å². The number of likely N-dealkylation sites (N-methyl/N-ethyl adjacent to an activating group) is 1. The normalized spacial score (nSPS) is 14.1. The molecule has 0 spiro atoms. The number of piperazine rings is 1. The third-order valence-corrected chi connectivity index (χ3v) is 6.83. The minimum Gasteiger partial charge on any atom is -0.491 e. The van der Waals surface area contributed by atoms with Crippen LogP contribution in [0.1, 0.15) is 15.9 Å². The van der Waals surface area contributed by atoms with Crippen LogP contribution in [0.2, 0.25) is 0 Å². The Morgan fingerprint density at radius 2 is 1.79 bits per heavy atom. The largest absolute Gasteiger partial charge is 0.491 e. The number of benzene rings is 3. The van der Waals surface area contributed by atoms with Crippen molar-refractivity contribution in [2.75, 3.05) is 63.3 Å². The van der Waals surface area contributed by atoms with Gasteiger partial charge in [0.1, 0.15) is 18.2 Å². The minimum absolute atomic E-state index is 0.129. The highest BCUT2D eigenvalue weighted by Gasteiger charge is 2.20. The molecule has 1 N–H and O–H groups in total. The van der Waals surface area contributed by atoms with Crippen LogP contribution in [-0.2, 0) is 11.3 Å². The average Bonchev–Trinajstić information content (AvgIpc) is 3.37.